The first kappa shape index (κ1) is 35.6. The number of esters is 1. The largest absolute Gasteiger partial charge is 0.455 e. The third kappa shape index (κ3) is 5.01. The fraction of sp³-hybridized carbons (Fsp3) is 0.875. The molecule has 7 fully saturated rings. The van der Waals surface area contributed by atoms with Crippen molar-refractivity contribution in [2.24, 2.45) is 50.7 Å². The van der Waals surface area contributed by atoms with Crippen LogP contribution in [0.2, 0.25) is 0 Å². The monoisotopic (exact) mass is 682 g/mol. The summed E-state index contributed by atoms with van der Waals surface area (Å²) < 4.78 is 25.5. The summed E-state index contributed by atoms with van der Waals surface area (Å²) in [7, 11) is 3.60. The van der Waals surface area contributed by atoms with Crippen LogP contribution in [0.1, 0.15) is 99.8 Å². The molecule has 5 aliphatic carbocycles. The highest BCUT2D eigenvalue weighted by Gasteiger charge is 2.85. The number of carbonyl (C=O) groups excluding carboxylic acids is 3. The number of amides is 1. The number of fused-ring (bicyclic) bond motifs is 4. The maximum atomic E-state index is 15.0. The molecule has 2 saturated heterocycles. The van der Waals surface area contributed by atoms with E-state index in [1.54, 1.807) is 19.0 Å². The fourth-order valence-corrected chi connectivity index (χ4v) is 13.5. The number of likely N-dealkylation sites (N-methyl/N-ethyl adjacent to an activating group) is 1. The van der Waals surface area contributed by atoms with Gasteiger partial charge in [0.1, 0.15) is 12.2 Å². The molecule has 0 bridgehead atoms. The van der Waals surface area contributed by atoms with Crippen LogP contribution in [-0.2, 0) is 33.3 Å². The second kappa shape index (κ2) is 11.9. The van der Waals surface area contributed by atoms with Crippen molar-refractivity contribution >= 4 is 17.7 Å². The molecule has 2 aliphatic heterocycles. The van der Waals surface area contributed by atoms with Crippen molar-refractivity contribution in [2.45, 2.75) is 131 Å². The van der Waals surface area contributed by atoms with Gasteiger partial charge in [-0.25, -0.2) is 0 Å². The Labute approximate surface area is 294 Å². The van der Waals surface area contributed by atoms with Gasteiger partial charge in [-0.2, -0.15) is 0 Å². The Morgan fingerprint density at radius 3 is 2.41 bits per heavy atom. The zero-order valence-corrected chi connectivity index (χ0v) is 31.6. The Hall–Kier alpha value is -1.81. The summed E-state index contributed by atoms with van der Waals surface area (Å²) in [5.74, 6) is 1.39. The molecule has 0 radical (unpaired) electrons. The predicted octanol–water partition coefficient (Wildman–Crippen LogP) is 5.65. The highest BCUT2D eigenvalue weighted by Crippen LogP contribution is 2.89. The third-order valence-corrected chi connectivity index (χ3v) is 15.9. The maximum absolute atomic E-state index is 15.0. The maximum Gasteiger partial charge on any atom is 0.303 e. The van der Waals surface area contributed by atoms with Crippen molar-refractivity contribution in [3.05, 3.63) is 12.2 Å². The first-order valence-corrected chi connectivity index (χ1v) is 19.1. The van der Waals surface area contributed by atoms with E-state index >= 15 is 0 Å². The SMILES string of the molecule is C=C(C)[C@@H](OC(C)=O)[C@H]1C[C@@H](C)[C@H]2[C@H](O1)C(=O)[C@@]1(C)[C@@H]3CC[C@H]4C(C)(C)[C@@H](O[C@H]5CN(CC(=O)N(C)C)CCO5)CC[C@@]45C[C@@]35CC[C@]21C. The molecule has 1 amide bonds. The van der Waals surface area contributed by atoms with Crippen LogP contribution in [0.4, 0.5) is 0 Å². The zero-order valence-electron chi connectivity index (χ0n) is 31.6. The van der Waals surface area contributed by atoms with Crippen molar-refractivity contribution in [1.82, 2.24) is 9.80 Å². The fourth-order valence-electron chi connectivity index (χ4n) is 13.5. The van der Waals surface area contributed by atoms with E-state index in [4.69, 9.17) is 18.9 Å². The molecule has 2 spiro atoms. The van der Waals surface area contributed by atoms with E-state index in [-0.39, 0.29) is 63.9 Å². The first-order valence-electron chi connectivity index (χ1n) is 19.1. The summed E-state index contributed by atoms with van der Waals surface area (Å²) in [6.45, 7) is 21.6. The second-order valence-electron chi connectivity index (χ2n) is 18.7. The minimum Gasteiger partial charge on any atom is -0.455 e. The van der Waals surface area contributed by atoms with Gasteiger partial charge in [-0.3, -0.25) is 19.3 Å². The number of hydrogen-bond donors (Lipinski definition) is 0. The van der Waals surface area contributed by atoms with Crippen molar-refractivity contribution < 1.29 is 33.3 Å². The van der Waals surface area contributed by atoms with Crippen LogP contribution in [0, 0.1) is 50.7 Å². The van der Waals surface area contributed by atoms with Crippen LogP contribution in [0.25, 0.3) is 0 Å². The summed E-state index contributed by atoms with van der Waals surface area (Å²) in [5, 5.41) is 0. The van der Waals surface area contributed by atoms with Gasteiger partial charge in [-0.05, 0) is 103 Å². The molecule has 274 valence electrons. The molecular weight excluding hydrogens is 620 g/mol. The van der Waals surface area contributed by atoms with Gasteiger partial charge >= 0.3 is 5.97 Å². The van der Waals surface area contributed by atoms with Crippen LogP contribution in [0.15, 0.2) is 12.2 Å². The summed E-state index contributed by atoms with van der Waals surface area (Å²) in [5.41, 5.74) is 0.619. The Balaban J connectivity index is 1.10. The van der Waals surface area contributed by atoms with Crippen molar-refractivity contribution in [3.8, 4) is 0 Å². The van der Waals surface area contributed by atoms with Crippen LogP contribution in [-0.4, -0.2) is 98.5 Å². The number of hydrogen-bond acceptors (Lipinski definition) is 8. The van der Waals surface area contributed by atoms with Crippen molar-refractivity contribution in [3.63, 3.8) is 0 Å². The van der Waals surface area contributed by atoms with E-state index in [1.807, 2.05) is 6.92 Å². The van der Waals surface area contributed by atoms with Gasteiger partial charge in [0, 0.05) is 38.9 Å². The molecule has 49 heavy (non-hydrogen) atoms. The summed E-state index contributed by atoms with van der Waals surface area (Å²) in [6, 6.07) is 0. The molecule has 0 aromatic heterocycles. The first-order chi connectivity index (χ1) is 22.9. The number of ketones is 1. The Morgan fingerprint density at radius 2 is 1.73 bits per heavy atom. The van der Waals surface area contributed by atoms with Crippen LogP contribution >= 0.6 is 0 Å². The number of Topliss-reactive ketones (excluding diaryl/α,β-unsaturated/α-hetero) is 1. The number of rotatable bonds is 7. The van der Waals surface area contributed by atoms with Gasteiger partial charge in [0.2, 0.25) is 5.91 Å². The molecule has 0 aromatic carbocycles. The Kier molecular flexibility index (Phi) is 8.61. The molecule has 0 aromatic rings. The average Bonchev–Trinajstić information content (AvgIpc) is 3.66. The van der Waals surface area contributed by atoms with Gasteiger partial charge in [0.25, 0.3) is 0 Å². The standard InChI is InChI=1S/C40H62N2O7/c1-23(2)33(47-25(4)43)26-19-24(3)32-34(48-26)35(45)38(8)28-12-11-27-36(5,6)29(13-14-39(27)22-40(28,39)16-15-37(32,38)7)49-31-21-42(17-18-46-31)20-30(44)41(9)10/h24,26-29,31-34H,1,11-22H2,2-10H3/t24-,26-,27+,28+,29+,31+,32+,33-,34+,37-,38-,39-,40+/m1/s1. The lowest BCUT2D eigenvalue weighted by Crippen LogP contribution is -2.60. The molecule has 7 rings (SSSR count). The van der Waals surface area contributed by atoms with Crippen molar-refractivity contribution in [2.75, 3.05) is 40.3 Å². The lowest BCUT2D eigenvalue weighted by molar-refractivity contribution is -0.246. The minimum absolute atomic E-state index is 0.0216. The lowest BCUT2D eigenvalue weighted by atomic mass is 9.41. The molecule has 9 heteroatoms. The van der Waals surface area contributed by atoms with Gasteiger partial charge < -0.3 is 23.8 Å². The average molecular weight is 683 g/mol. The smallest absolute Gasteiger partial charge is 0.303 e. The normalized spacial score (nSPS) is 47.4. The highest BCUT2D eigenvalue weighted by molar-refractivity contribution is 5.93. The zero-order chi connectivity index (χ0) is 35.5. The summed E-state index contributed by atoms with van der Waals surface area (Å²) in [4.78, 5) is 43.2. The quantitative estimate of drug-likeness (QED) is 0.252. The summed E-state index contributed by atoms with van der Waals surface area (Å²) >= 11 is 0. The molecule has 0 unspecified atom stereocenters. The molecule has 13 atom stereocenters. The molecule has 9 nitrogen and oxygen atoms in total. The topological polar surface area (TPSA) is 94.6 Å². The lowest BCUT2D eigenvalue weighted by Gasteiger charge is -2.62. The van der Waals surface area contributed by atoms with E-state index in [2.05, 4.69) is 46.1 Å². The van der Waals surface area contributed by atoms with Crippen molar-refractivity contribution in [1.29, 1.82) is 0 Å². The van der Waals surface area contributed by atoms with Gasteiger partial charge in [0.15, 0.2) is 12.1 Å². The number of ether oxygens (including phenoxy) is 4. The predicted molar refractivity (Wildman–Crippen MR) is 185 cm³/mol. The number of nitrogens with zero attached hydrogens (tertiary/aromatic N) is 2. The van der Waals surface area contributed by atoms with E-state index in [9.17, 15) is 14.4 Å². The van der Waals surface area contributed by atoms with E-state index in [0.717, 1.165) is 50.6 Å². The molecule has 7 aliphatic rings. The molecule has 2 heterocycles. The van der Waals surface area contributed by atoms with Crippen LogP contribution < -0.4 is 0 Å². The second-order valence-corrected chi connectivity index (χ2v) is 18.7. The molecule has 0 N–H and O–H groups in total. The van der Waals surface area contributed by atoms with Gasteiger partial charge in [0.05, 0.1) is 31.9 Å². The highest BCUT2D eigenvalue weighted by atomic mass is 16.7. The summed E-state index contributed by atoms with van der Waals surface area (Å²) in [6.07, 6.45) is 6.99. The molecular formula is C40H62N2O7. The van der Waals surface area contributed by atoms with Gasteiger partial charge in [-0.1, -0.05) is 41.2 Å². The number of morpholine rings is 1. The van der Waals surface area contributed by atoms with E-state index in [1.165, 1.54) is 19.8 Å². The Bertz CT molecular complexity index is 1400. The Morgan fingerprint density at radius 1 is 1.04 bits per heavy atom. The molecule has 5 saturated carbocycles. The van der Waals surface area contributed by atoms with E-state index < -0.39 is 17.6 Å². The number of carbonyl (C=O) groups is 3. The third-order valence-electron chi connectivity index (χ3n) is 15.9. The minimum atomic E-state index is -0.535. The van der Waals surface area contributed by atoms with Gasteiger partial charge in [-0.15, -0.1) is 0 Å². The van der Waals surface area contributed by atoms with Crippen LogP contribution in [0.3, 0.4) is 0 Å². The van der Waals surface area contributed by atoms with E-state index in [0.29, 0.717) is 37.3 Å². The van der Waals surface area contributed by atoms with Crippen LogP contribution in [0.5, 0.6) is 0 Å².